The van der Waals surface area contributed by atoms with Gasteiger partial charge in [-0.2, -0.15) is 0 Å². The van der Waals surface area contributed by atoms with E-state index in [1.165, 1.54) is 6.07 Å². The maximum absolute atomic E-state index is 10.9. The van der Waals surface area contributed by atoms with Crippen LogP contribution in [0.5, 0.6) is 0 Å². The molecule has 0 aromatic heterocycles. The molecule has 1 rings (SSSR count). The molecule has 94 valence electrons. The first-order valence-electron chi connectivity index (χ1n) is 5.73. The van der Waals surface area contributed by atoms with Gasteiger partial charge in [0.15, 0.2) is 0 Å². The van der Waals surface area contributed by atoms with Crippen molar-refractivity contribution in [3.8, 4) is 0 Å². The highest BCUT2D eigenvalue weighted by molar-refractivity contribution is 5.97. The van der Waals surface area contributed by atoms with Gasteiger partial charge in [0.1, 0.15) is 0 Å². The Morgan fingerprint density at radius 1 is 1.47 bits per heavy atom. The Labute approximate surface area is 102 Å². The van der Waals surface area contributed by atoms with Gasteiger partial charge in [-0.05, 0) is 24.0 Å². The summed E-state index contributed by atoms with van der Waals surface area (Å²) in [5, 5.41) is 12.2. The minimum Gasteiger partial charge on any atom is -0.478 e. The summed E-state index contributed by atoms with van der Waals surface area (Å²) < 4.78 is 0. The Kier molecular flexibility index (Phi) is 3.99. The minimum absolute atomic E-state index is 0.143. The van der Waals surface area contributed by atoms with Crippen molar-refractivity contribution in [3.05, 3.63) is 23.8 Å². The number of para-hydroxylation sites is 1. The van der Waals surface area contributed by atoms with E-state index in [1.54, 1.807) is 12.1 Å². The second kappa shape index (κ2) is 5.08. The number of aromatic carboxylic acids is 1. The molecule has 0 atom stereocenters. The Balaban J connectivity index is 2.86. The van der Waals surface area contributed by atoms with Gasteiger partial charge in [-0.3, -0.25) is 0 Å². The molecule has 4 nitrogen and oxygen atoms in total. The minimum atomic E-state index is -0.999. The second-order valence-corrected chi connectivity index (χ2v) is 4.94. The van der Waals surface area contributed by atoms with Gasteiger partial charge in [0.2, 0.25) is 0 Å². The number of carboxylic acids is 1. The highest BCUT2D eigenvalue weighted by Crippen LogP contribution is 2.26. The number of nitrogens with one attached hydrogen (secondary N) is 1. The topological polar surface area (TPSA) is 75.3 Å². The largest absolute Gasteiger partial charge is 0.478 e. The summed E-state index contributed by atoms with van der Waals surface area (Å²) in [5.74, 6) is -0.999. The molecule has 0 spiro atoms. The van der Waals surface area contributed by atoms with Crippen molar-refractivity contribution in [1.29, 1.82) is 0 Å². The number of carbonyl (C=O) groups is 1. The van der Waals surface area contributed by atoms with Crippen molar-refractivity contribution in [2.45, 2.75) is 27.2 Å². The maximum Gasteiger partial charge on any atom is 0.337 e. The molecule has 0 heterocycles. The van der Waals surface area contributed by atoms with Crippen LogP contribution in [0, 0.1) is 5.41 Å². The van der Waals surface area contributed by atoms with E-state index in [2.05, 4.69) is 26.1 Å². The van der Waals surface area contributed by atoms with Crippen LogP contribution in [-0.2, 0) is 0 Å². The first kappa shape index (κ1) is 13.4. The average molecular weight is 236 g/mol. The number of hydrogen-bond acceptors (Lipinski definition) is 3. The normalized spacial score (nSPS) is 11.2. The van der Waals surface area contributed by atoms with Crippen LogP contribution >= 0.6 is 0 Å². The number of rotatable bonds is 5. The zero-order chi connectivity index (χ0) is 13.1. The summed E-state index contributed by atoms with van der Waals surface area (Å²) in [6.45, 7) is 7.18. The zero-order valence-electron chi connectivity index (χ0n) is 10.6. The summed E-state index contributed by atoms with van der Waals surface area (Å²) in [5.41, 5.74) is 7.10. The number of anilines is 2. The highest BCUT2D eigenvalue weighted by atomic mass is 16.4. The molecule has 0 saturated heterocycles. The molecule has 4 N–H and O–H groups in total. The van der Waals surface area contributed by atoms with Crippen molar-refractivity contribution in [1.82, 2.24) is 0 Å². The van der Waals surface area contributed by atoms with Gasteiger partial charge in [0.05, 0.1) is 16.9 Å². The first-order chi connectivity index (χ1) is 7.87. The highest BCUT2D eigenvalue weighted by Gasteiger charge is 2.16. The van der Waals surface area contributed by atoms with E-state index in [4.69, 9.17) is 10.8 Å². The van der Waals surface area contributed by atoms with Crippen molar-refractivity contribution in [2.75, 3.05) is 17.6 Å². The Morgan fingerprint density at radius 2 is 2.12 bits per heavy atom. The van der Waals surface area contributed by atoms with Gasteiger partial charge >= 0.3 is 5.97 Å². The van der Waals surface area contributed by atoms with Crippen LogP contribution in [-0.4, -0.2) is 17.6 Å². The zero-order valence-corrected chi connectivity index (χ0v) is 10.6. The van der Waals surface area contributed by atoms with Crippen LogP contribution < -0.4 is 11.1 Å². The summed E-state index contributed by atoms with van der Waals surface area (Å²) >= 11 is 0. The predicted molar refractivity (Wildman–Crippen MR) is 70.4 cm³/mol. The Morgan fingerprint density at radius 3 is 2.65 bits per heavy atom. The van der Waals surface area contributed by atoms with Gasteiger partial charge in [-0.25, -0.2) is 4.79 Å². The molecule has 0 saturated carbocycles. The molecule has 17 heavy (non-hydrogen) atoms. The number of carboxylic acid groups (broad SMARTS) is 1. The molecular formula is C13H20N2O2. The molecule has 0 aliphatic rings. The van der Waals surface area contributed by atoms with Crippen LogP contribution in [0.15, 0.2) is 18.2 Å². The Hall–Kier alpha value is -1.71. The van der Waals surface area contributed by atoms with E-state index in [0.29, 0.717) is 11.4 Å². The van der Waals surface area contributed by atoms with Crippen molar-refractivity contribution >= 4 is 17.3 Å². The molecule has 1 aromatic rings. The van der Waals surface area contributed by atoms with Gasteiger partial charge in [-0.1, -0.05) is 26.8 Å². The monoisotopic (exact) mass is 236 g/mol. The van der Waals surface area contributed by atoms with Crippen LogP contribution in [0.1, 0.15) is 37.6 Å². The van der Waals surface area contributed by atoms with E-state index >= 15 is 0 Å². The number of benzene rings is 1. The van der Waals surface area contributed by atoms with Crippen molar-refractivity contribution in [3.63, 3.8) is 0 Å². The van der Waals surface area contributed by atoms with Gasteiger partial charge in [-0.15, -0.1) is 0 Å². The average Bonchev–Trinajstić information content (AvgIpc) is 2.27. The van der Waals surface area contributed by atoms with E-state index in [0.717, 1.165) is 13.0 Å². The molecule has 0 unspecified atom stereocenters. The fraction of sp³-hybridized carbons (Fsp3) is 0.462. The Bertz CT molecular complexity index is 414. The SMILES string of the molecule is CCC(C)(C)CNc1cccc(C(=O)O)c1N. The number of nitrogen functional groups attached to an aromatic ring is 1. The number of hydrogen-bond donors (Lipinski definition) is 3. The van der Waals surface area contributed by atoms with E-state index in [1.807, 2.05) is 0 Å². The molecule has 0 fully saturated rings. The van der Waals surface area contributed by atoms with Crippen molar-refractivity contribution in [2.24, 2.45) is 5.41 Å². The molecule has 0 aliphatic carbocycles. The standard InChI is InChI=1S/C13H20N2O2/c1-4-13(2,3)8-15-10-7-5-6-9(11(10)14)12(16)17/h5-7,15H,4,8,14H2,1-3H3,(H,16,17). The third-order valence-corrected chi connectivity index (χ3v) is 3.05. The lowest BCUT2D eigenvalue weighted by Crippen LogP contribution is -2.22. The lowest BCUT2D eigenvalue weighted by Gasteiger charge is -2.24. The molecule has 4 heteroatoms. The summed E-state index contributed by atoms with van der Waals surface area (Å²) in [6.07, 6.45) is 1.04. The van der Waals surface area contributed by atoms with Crippen molar-refractivity contribution < 1.29 is 9.90 Å². The smallest absolute Gasteiger partial charge is 0.337 e. The molecule has 0 radical (unpaired) electrons. The number of nitrogens with two attached hydrogens (primary N) is 1. The quantitative estimate of drug-likeness (QED) is 0.687. The molecule has 0 amide bonds. The molecule has 0 bridgehead atoms. The van der Waals surface area contributed by atoms with E-state index < -0.39 is 5.97 Å². The van der Waals surface area contributed by atoms with Crippen LogP contribution in [0.2, 0.25) is 0 Å². The van der Waals surface area contributed by atoms with Gasteiger partial charge in [0.25, 0.3) is 0 Å². The van der Waals surface area contributed by atoms with Gasteiger partial charge < -0.3 is 16.2 Å². The van der Waals surface area contributed by atoms with Gasteiger partial charge in [0, 0.05) is 6.54 Å². The molecular weight excluding hydrogens is 216 g/mol. The maximum atomic E-state index is 10.9. The fourth-order valence-corrected chi connectivity index (χ4v) is 1.37. The van der Waals surface area contributed by atoms with E-state index in [-0.39, 0.29) is 11.0 Å². The summed E-state index contributed by atoms with van der Waals surface area (Å²) in [6, 6.07) is 5.00. The first-order valence-corrected chi connectivity index (χ1v) is 5.73. The third kappa shape index (κ3) is 3.37. The second-order valence-electron chi connectivity index (χ2n) is 4.94. The van der Waals surface area contributed by atoms with Crippen LogP contribution in [0.4, 0.5) is 11.4 Å². The summed E-state index contributed by atoms with van der Waals surface area (Å²) in [4.78, 5) is 10.9. The van der Waals surface area contributed by atoms with E-state index in [9.17, 15) is 4.79 Å². The lowest BCUT2D eigenvalue weighted by molar-refractivity contribution is 0.0698. The lowest BCUT2D eigenvalue weighted by atomic mass is 9.90. The summed E-state index contributed by atoms with van der Waals surface area (Å²) in [7, 11) is 0. The molecule has 0 aliphatic heterocycles. The fourth-order valence-electron chi connectivity index (χ4n) is 1.37. The third-order valence-electron chi connectivity index (χ3n) is 3.05. The molecule has 1 aromatic carbocycles. The van der Waals surface area contributed by atoms with Crippen LogP contribution in [0.3, 0.4) is 0 Å². The van der Waals surface area contributed by atoms with Crippen LogP contribution in [0.25, 0.3) is 0 Å². The predicted octanol–water partition coefficient (Wildman–Crippen LogP) is 2.82.